The zero-order valence-corrected chi connectivity index (χ0v) is 19.2. The van der Waals surface area contributed by atoms with E-state index >= 15 is 0 Å². The Hall–Kier alpha value is -1.87. The van der Waals surface area contributed by atoms with Crippen LogP contribution in [0.25, 0.3) is 0 Å². The molecule has 2 aromatic rings. The quantitative estimate of drug-likeness (QED) is 0.657. The van der Waals surface area contributed by atoms with Crippen LogP contribution in [0.2, 0.25) is 0 Å². The second-order valence-electron chi connectivity index (χ2n) is 7.20. The molecule has 8 heteroatoms. The van der Waals surface area contributed by atoms with E-state index in [1.54, 1.807) is 17.0 Å². The smallest absolute Gasteiger partial charge is 0.255 e. The summed E-state index contributed by atoms with van der Waals surface area (Å²) >= 11 is 1.43. The van der Waals surface area contributed by atoms with E-state index in [1.807, 2.05) is 37.4 Å². The normalized spacial score (nSPS) is 15.8. The number of amides is 1. The number of nitrogens with one attached hydrogen (secondary N) is 1. The van der Waals surface area contributed by atoms with Crippen molar-refractivity contribution in [2.24, 2.45) is 0 Å². The van der Waals surface area contributed by atoms with Gasteiger partial charge < -0.3 is 9.64 Å². The molecule has 162 valence electrons. The van der Waals surface area contributed by atoms with Crippen molar-refractivity contribution >= 4 is 27.7 Å². The van der Waals surface area contributed by atoms with Crippen LogP contribution in [0.5, 0.6) is 0 Å². The largest absolute Gasteiger partial charge is 0.378 e. The summed E-state index contributed by atoms with van der Waals surface area (Å²) in [7, 11) is -3.79. The maximum Gasteiger partial charge on any atom is 0.255 e. The molecule has 1 saturated heterocycles. The summed E-state index contributed by atoms with van der Waals surface area (Å²) in [5.74, 6) is -0.164. The predicted octanol–water partition coefficient (Wildman–Crippen LogP) is 3.48. The highest BCUT2D eigenvalue weighted by molar-refractivity contribution is 7.98. The number of ether oxygens (including phenoxy) is 1. The van der Waals surface area contributed by atoms with Gasteiger partial charge in [0.25, 0.3) is 5.91 Å². The summed E-state index contributed by atoms with van der Waals surface area (Å²) in [5, 5.41) is 0. The van der Waals surface area contributed by atoms with E-state index in [0.717, 1.165) is 16.9 Å². The summed E-state index contributed by atoms with van der Waals surface area (Å²) in [5.41, 5.74) is 2.50. The Bertz CT molecular complexity index is 985. The highest BCUT2D eigenvalue weighted by Crippen LogP contribution is 2.26. The molecule has 1 aliphatic heterocycles. The molecule has 0 bridgehead atoms. The van der Waals surface area contributed by atoms with E-state index < -0.39 is 10.0 Å². The summed E-state index contributed by atoms with van der Waals surface area (Å²) in [6, 6.07) is 12.2. The van der Waals surface area contributed by atoms with E-state index in [-0.39, 0.29) is 16.8 Å². The van der Waals surface area contributed by atoms with Gasteiger partial charge in [-0.3, -0.25) is 4.79 Å². The van der Waals surface area contributed by atoms with E-state index in [1.165, 1.54) is 23.4 Å². The van der Waals surface area contributed by atoms with Crippen LogP contribution in [0, 0.1) is 0 Å². The summed E-state index contributed by atoms with van der Waals surface area (Å²) in [6.45, 7) is 5.89. The highest BCUT2D eigenvalue weighted by Gasteiger charge is 2.25. The third kappa shape index (κ3) is 5.24. The number of thioether (sulfide) groups is 1. The van der Waals surface area contributed by atoms with Gasteiger partial charge in [0.05, 0.1) is 23.7 Å². The molecule has 0 aromatic heterocycles. The standard InChI is InChI=1S/C22H28N2O4S2/c1-4-17-5-7-18(8-6-17)16(2)23-30(26,27)19-9-10-21(29-3)20(15-19)22(25)24-11-13-28-14-12-24/h5-10,15-16,23H,4,11-14H2,1-3H3. The Morgan fingerprint density at radius 3 is 2.43 bits per heavy atom. The molecule has 0 saturated carbocycles. The van der Waals surface area contributed by atoms with Crippen molar-refractivity contribution in [2.75, 3.05) is 32.6 Å². The maximum atomic E-state index is 13.0. The fourth-order valence-electron chi connectivity index (χ4n) is 3.37. The first kappa shape index (κ1) is 22.8. The number of sulfonamides is 1. The van der Waals surface area contributed by atoms with Gasteiger partial charge in [-0.2, -0.15) is 0 Å². The van der Waals surface area contributed by atoms with E-state index in [4.69, 9.17) is 4.74 Å². The molecule has 2 aromatic carbocycles. The molecule has 0 spiro atoms. The molecule has 1 amide bonds. The van der Waals surface area contributed by atoms with Crippen molar-refractivity contribution in [1.29, 1.82) is 0 Å². The van der Waals surface area contributed by atoms with E-state index in [2.05, 4.69) is 11.6 Å². The Kier molecular flexibility index (Phi) is 7.57. The van der Waals surface area contributed by atoms with Crippen LogP contribution in [0.1, 0.15) is 41.4 Å². The van der Waals surface area contributed by atoms with Gasteiger partial charge in [-0.1, -0.05) is 31.2 Å². The van der Waals surface area contributed by atoms with Gasteiger partial charge in [0.15, 0.2) is 0 Å². The van der Waals surface area contributed by atoms with Gasteiger partial charge >= 0.3 is 0 Å². The molecule has 3 rings (SSSR count). The van der Waals surface area contributed by atoms with Gasteiger partial charge in [-0.15, -0.1) is 11.8 Å². The molecule has 0 aliphatic carbocycles. The molecule has 1 heterocycles. The van der Waals surface area contributed by atoms with Crippen LogP contribution < -0.4 is 4.72 Å². The van der Waals surface area contributed by atoms with E-state index in [9.17, 15) is 13.2 Å². The van der Waals surface area contributed by atoms with Crippen LogP contribution >= 0.6 is 11.8 Å². The second-order valence-corrected chi connectivity index (χ2v) is 9.77. The highest BCUT2D eigenvalue weighted by atomic mass is 32.2. The predicted molar refractivity (Wildman–Crippen MR) is 120 cm³/mol. The summed E-state index contributed by atoms with van der Waals surface area (Å²) < 4.78 is 34.1. The number of nitrogens with zero attached hydrogens (tertiary/aromatic N) is 1. The number of hydrogen-bond donors (Lipinski definition) is 1. The lowest BCUT2D eigenvalue weighted by molar-refractivity contribution is 0.0300. The van der Waals surface area contributed by atoms with Crippen LogP contribution in [-0.4, -0.2) is 51.8 Å². The minimum absolute atomic E-state index is 0.0916. The van der Waals surface area contributed by atoms with Crippen molar-refractivity contribution in [3.8, 4) is 0 Å². The Labute approximate surface area is 183 Å². The SMILES string of the molecule is CCc1ccc(C(C)NS(=O)(=O)c2ccc(SC)c(C(=O)N3CCOCC3)c2)cc1. The molecule has 1 unspecified atom stereocenters. The Balaban J connectivity index is 1.84. The third-order valence-electron chi connectivity index (χ3n) is 5.23. The number of aryl methyl sites for hydroxylation is 1. The topological polar surface area (TPSA) is 75.7 Å². The average Bonchev–Trinajstić information content (AvgIpc) is 2.78. The summed E-state index contributed by atoms with van der Waals surface area (Å²) in [4.78, 5) is 15.6. The van der Waals surface area contributed by atoms with Gasteiger partial charge in [0, 0.05) is 24.0 Å². The van der Waals surface area contributed by atoms with Gasteiger partial charge in [-0.05, 0) is 48.9 Å². The molecule has 0 radical (unpaired) electrons. The molecule has 1 N–H and O–H groups in total. The summed E-state index contributed by atoms with van der Waals surface area (Å²) in [6.07, 6.45) is 2.81. The monoisotopic (exact) mass is 448 g/mol. The van der Waals surface area contributed by atoms with Crippen molar-refractivity contribution in [2.45, 2.75) is 36.1 Å². The number of rotatable bonds is 7. The van der Waals surface area contributed by atoms with Gasteiger partial charge in [0.1, 0.15) is 0 Å². The number of morpholine rings is 1. The lowest BCUT2D eigenvalue weighted by Crippen LogP contribution is -2.41. The van der Waals surface area contributed by atoms with Gasteiger partial charge in [-0.25, -0.2) is 13.1 Å². The minimum Gasteiger partial charge on any atom is -0.378 e. The van der Waals surface area contributed by atoms with Crippen LogP contribution in [-0.2, 0) is 21.2 Å². The first-order valence-electron chi connectivity index (χ1n) is 10.0. The Morgan fingerprint density at radius 2 is 1.83 bits per heavy atom. The van der Waals surface area contributed by atoms with E-state index in [0.29, 0.717) is 31.9 Å². The molecular formula is C22H28N2O4S2. The molecule has 1 aliphatic rings. The van der Waals surface area contributed by atoms with Crippen molar-refractivity contribution in [3.63, 3.8) is 0 Å². The van der Waals surface area contributed by atoms with Crippen LogP contribution in [0.15, 0.2) is 52.3 Å². The molecular weight excluding hydrogens is 420 g/mol. The average molecular weight is 449 g/mol. The number of hydrogen-bond acceptors (Lipinski definition) is 5. The fraction of sp³-hybridized carbons (Fsp3) is 0.409. The number of carbonyl (C=O) groups is 1. The minimum atomic E-state index is -3.79. The maximum absolute atomic E-state index is 13.0. The van der Waals surface area contributed by atoms with Crippen molar-refractivity contribution < 1.29 is 17.9 Å². The lowest BCUT2D eigenvalue weighted by Gasteiger charge is -2.27. The van der Waals surface area contributed by atoms with Crippen molar-refractivity contribution in [1.82, 2.24) is 9.62 Å². The number of benzene rings is 2. The first-order valence-corrected chi connectivity index (χ1v) is 12.7. The fourth-order valence-corrected chi connectivity index (χ4v) is 5.20. The first-order chi connectivity index (χ1) is 14.4. The zero-order valence-electron chi connectivity index (χ0n) is 17.6. The second kappa shape index (κ2) is 9.96. The lowest BCUT2D eigenvalue weighted by atomic mass is 10.1. The number of carbonyl (C=O) groups excluding carboxylic acids is 1. The molecule has 30 heavy (non-hydrogen) atoms. The molecule has 1 fully saturated rings. The zero-order chi connectivity index (χ0) is 21.7. The van der Waals surface area contributed by atoms with Gasteiger partial charge in [0.2, 0.25) is 10.0 Å². The molecule has 1 atom stereocenters. The van der Waals surface area contributed by atoms with Crippen LogP contribution in [0.3, 0.4) is 0 Å². The van der Waals surface area contributed by atoms with Crippen LogP contribution in [0.4, 0.5) is 0 Å². The third-order valence-corrected chi connectivity index (χ3v) is 7.56. The molecule has 6 nitrogen and oxygen atoms in total. The Morgan fingerprint density at radius 1 is 1.17 bits per heavy atom. The van der Waals surface area contributed by atoms with Crippen molar-refractivity contribution in [3.05, 3.63) is 59.2 Å².